The van der Waals surface area contributed by atoms with E-state index < -0.39 is 0 Å². The lowest BCUT2D eigenvalue weighted by molar-refractivity contribution is 0.388. The van der Waals surface area contributed by atoms with Crippen LogP contribution in [0.15, 0.2) is 28.9 Å². The molecule has 0 atom stereocenters. The predicted molar refractivity (Wildman–Crippen MR) is 57.5 cm³/mol. The van der Waals surface area contributed by atoms with Gasteiger partial charge in [0.1, 0.15) is 11.0 Å². The molecule has 15 heavy (non-hydrogen) atoms. The molecule has 0 fully saturated rings. The number of rotatable bonds is 3. The van der Waals surface area contributed by atoms with Crippen LogP contribution in [-0.4, -0.2) is 10.1 Å². The molecule has 2 heterocycles. The molecule has 3 N–H and O–H groups in total. The lowest BCUT2D eigenvalue weighted by Gasteiger charge is -2.04. The van der Waals surface area contributed by atoms with Crippen LogP contribution >= 0.6 is 11.6 Å². The number of anilines is 2. The zero-order valence-electron chi connectivity index (χ0n) is 7.77. The summed E-state index contributed by atoms with van der Waals surface area (Å²) in [5, 5.41) is 6.96. The average molecular weight is 225 g/mol. The van der Waals surface area contributed by atoms with E-state index in [0.29, 0.717) is 23.2 Å². The van der Waals surface area contributed by atoms with Crippen molar-refractivity contribution < 1.29 is 4.52 Å². The molecule has 0 saturated carbocycles. The van der Waals surface area contributed by atoms with Crippen LogP contribution in [0.4, 0.5) is 11.5 Å². The first-order valence-corrected chi connectivity index (χ1v) is 4.68. The maximum absolute atomic E-state index is 5.74. The van der Waals surface area contributed by atoms with E-state index in [9.17, 15) is 0 Å². The number of aromatic nitrogens is 2. The number of nitrogens with one attached hydrogen (secondary N) is 1. The lowest BCUT2D eigenvalue weighted by atomic mass is 10.4. The van der Waals surface area contributed by atoms with Crippen molar-refractivity contribution in [1.82, 2.24) is 10.1 Å². The quantitative estimate of drug-likeness (QED) is 0.779. The van der Waals surface area contributed by atoms with Crippen LogP contribution in [-0.2, 0) is 6.54 Å². The highest BCUT2D eigenvalue weighted by Gasteiger charge is 2.00. The summed E-state index contributed by atoms with van der Waals surface area (Å²) >= 11 is 5.74. The summed E-state index contributed by atoms with van der Waals surface area (Å²) in [5.41, 5.74) is 6.17. The fraction of sp³-hybridized carbons (Fsp3) is 0.111. The van der Waals surface area contributed by atoms with Crippen LogP contribution in [0.3, 0.4) is 0 Å². The molecule has 78 valence electrons. The summed E-state index contributed by atoms with van der Waals surface area (Å²) in [5.74, 6) is 1.33. The topological polar surface area (TPSA) is 77.0 Å². The molecule has 0 saturated heterocycles. The van der Waals surface area contributed by atoms with Crippen molar-refractivity contribution in [3.05, 3.63) is 35.3 Å². The Labute approximate surface area is 91.2 Å². The molecule has 0 bridgehead atoms. The normalized spacial score (nSPS) is 10.2. The van der Waals surface area contributed by atoms with Gasteiger partial charge in [0, 0.05) is 17.8 Å². The predicted octanol–water partition coefficient (Wildman–Crippen LogP) is 1.92. The van der Waals surface area contributed by atoms with Crippen LogP contribution in [0.1, 0.15) is 5.76 Å². The zero-order chi connectivity index (χ0) is 10.7. The third-order valence-electron chi connectivity index (χ3n) is 1.75. The Morgan fingerprint density at radius 3 is 3.00 bits per heavy atom. The summed E-state index contributed by atoms with van der Waals surface area (Å²) in [6, 6.07) is 5.05. The number of nitrogens with two attached hydrogens (primary N) is 1. The van der Waals surface area contributed by atoms with Crippen LogP contribution in [0.2, 0.25) is 5.15 Å². The van der Waals surface area contributed by atoms with E-state index in [0.717, 1.165) is 5.76 Å². The Kier molecular flexibility index (Phi) is 2.73. The van der Waals surface area contributed by atoms with Crippen LogP contribution in [0, 0.1) is 0 Å². The molecular weight excluding hydrogens is 216 g/mol. The number of hydrogen-bond donors (Lipinski definition) is 2. The van der Waals surface area contributed by atoms with E-state index in [2.05, 4.69) is 15.5 Å². The largest absolute Gasteiger partial charge is 0.399 e. The first-order chi connectivity index (χ1) is 7.24. The molecule has 0 aliphatic carbocycles. The number of pyridine rings is 1. The minimum Gasteiger partial charge on any atom is -0.399 e. The van der Waals surface area contributed by atoms with Gasteiger partial charge in [-0.15, -0.1) is 0 Å². The average Bonchev–Trinajstić information content (AvgIpc) is 2.65. The minimum absolute atomic E-state index is 0.357. The molecule has 6 heteroatoms. The molecule has 0 aromatic carbocycles. The van der Waals surface area contributed by atoms with Gasteiger partial charge in [-0.25, -0.2) is 4.98 Å². The van der Waals surface area contributed by atoms with E-state index in [1.807, 2.05) is 0 Å². The Hall–Kier alpha value is -1.75. The Morgan fingerprint density at radius 1 is 1.47 bits per heavy atom. The summed E-state index contributed by atoms with van der Waals surface area (Å²) in [4.78, 5) is 4.05. The third kappa shape index (κ3) is 2.60. The first-order valence-electron chi connectivity index (χ1n) is 4.30. The van der Waals surface area contributed by atoms with Gasteiger partial charge in [0.15, 0.2) is 5.76 Å². The number of hydrogen-bond acceptors (Lipinski definition) is 5. The van der Waals surface area contributed by atoms with Gasteiger partial charge in [0.2, 0.25) is 0 Å². The van der Waals surface area contributed by atoms with Crippen molar-refractivity contribution in [3.8, 4) is 0 Å². The molecule has 0 aliphatic rings. The molecular formula is C9H9ClN4O. The van der Waals surface area contributed by atoms with Gasteiger partial charge >= 0.3 is 0 Å². The lowest BCUT2D eigenvalue weighted by Crippen LogP contribution is -2.01. The maximum Gasteiger partial charge on any atom is 0.155 e. The molecule has 2 aromatic heterocycles. The van der Waals surface area contributed by atoms with Crippen molar-refractivity contribution in [1.29, 1.82) is 0 Å². The molecule has 2 aromatic rings. The number of halogens is 1. The van der Waals surface area contributed by atoms with Gasteiger partial charge in [-0.3, -0.25) is 0 Å². The fourth-order valence-electron chi connectivity index (χ4n) is 1.12. The summed E-state index contributed by atoms with van der Waals surface area (Å²) in [6.45, 7) is 0.493. The van der Waals surface area contributed by atoms with E-state index in [4.69, 9.17) is 21.9 Å². The maximum atomic E-state index is 5.74. The summed E-state index contributed by atoms with van der Waals surface area (Å²) in [7, 11) is 0. The number of nitrogens with zero attached hydrogens (tertiary/aromatic N) is 2. The van der Waals surface area contributed by atoms with Gasteiger partial charge in [-0.2, -0.15) is 0 Å². The van der Waals surface area contributed by atoms with E-state index in [-0.39, 0.29) is 0 Å². The minimum atomic E-state index is 0.357. The van der Waals surface area contributed by atoms with Gasteiger partial charge in [0.25, 0.3) is 0 Å². The second-order valence-electron chi connectivity index (χ2n) is 2.94. The van der Waals surface area contributed by atoms with Crippen molar-refractivity contribution in [3.63, 3.8) is 0 Å². The molecule has 0 amide bonds. The summed E-state index contributed by atoms with van der Waals surface area (Å²) in [6.07, 6.45) is 1.58. The third-order valence-corrected chi connectivity index (χ3v) is 1.95. The van der Waals surface area contributed by atoms with Crippen LogP contribution < -0.4 is 11.1 Å². The standard InChI is InChI=1S/C9H9ClN4O/c10-8-3-6(11)4-9(14-8)12-5-7-1-2-13-15-7/h1-4H,5H2,(H3,11,12,14). The van der Waals surface area contributed by atoms with E-state index >= 15 is 0 Å². The highest BCUT2D eigenvalue weighted by molar-refractivity contribution is 6.29. The van der Waals surface area contributed by atoms with Crippen LogP contribution in [0.25, 0.3) is 0 Å². The summed E-state index contributed by atoms with van der Waals surface area (Å²) < 4.78 is 4.91. The number of nitrogen functional groups attached to an aromatic ring is 1. The Morgan fingerprint density at radius 2 is 2.33 bits per heavy atom. The first kappa shape index (κ1) is 9.79. The van der Waals surface area contributed by atoms with Gasteiger partial charge in [-0.05, 0) is 6.07 Å². The van der Waals surface area contributed by atoms with Gasteiger partial charge < -0.3 is 15.6 Å². The SMILES string of the molecule is Nc1cc(Cl)nc(NCc2ccno2)c1. The van der Waals surface area contributed by atoms with E-state index in [1.54, 1.807) is 24.4 Å². The van der Waals surface area contributed by atoms with Crippen molar-refractivity contribution >= 4 is 23.1 Å². The van der Waals surface area contributed by atoms with Crippen LogP contribution in [0.5, 0.6) is 0 Å². The zero-order valence-corrected chi connectivity index (χ0v) is 8.53. The molecule has 0 aliphatic heterocycles. The van der Waals surface area contributed by atoms with Crippen molar-refractivity contribution in [2.45, 2.75) is 6.54 Å². The van der Waals surface area contributed by atoms with Gasteiger partial charge in [-0.1, -0.05) is 16.8 Å². The van der Waals surface area contributed by atoms with E-state index in [1.165, 1.54) is 0 Å². The van der Waals surface area contributed by atoms with Crippen molar-refractivity contribution in [2.75, 3.05) is 11.1 Å². The van der Waals surface area contributed by atoms with Crippen molar-refractivity contribution in [2.24, 2.45) is 0 Å². The monoisotopic (exact) mass is 224 g/mol. The second kappa shape index (κ2) is 4.18. The fourth-order valence-corrected chi connectivity index (χ4v) is 1.34. The highest BCUT2D eigenvalue weighted by atomic mass is 35.5. The Bertz CT molecular complexity index is 423. The second-order valence-corrected chi connectivity index (χ2v) is 3.33. The molecule has 5 nitrogen and oxygen atoms in total. The molecule has 0 radical (unpaired) electrons. The molecule has 0 unspecified atom stereocenters. The molecule has 2 rings (SSSR count). The highest BCUT2D eigenvalue weighted by Crippen LogP contribution is 2.16. The van der Waals surface area contributed by atoms with Gasteiger partial charge in [0.05, 0.1) is 12.7 Å². The molecule has 0 spiro atoms. The smallest absolute Gasteiger partial charge is 0.155 e. The Balaban J connectivity index is 2.05.